The highest BCUT2D eigenvalue weighted by Gasteiger charge is 2.39. The Morgan fingerprint density at radius 3 is 2.34 bits per heavy atom. The molecule has 0 radical (unpaired) electrons. The molecular weight excluding hydrogens is 405 g/mol. The topological polar surface area (TPSA) is 41.5 Å². The molecule has 1 fully saturated rings. The lowest BCUT2D eigenvalue weighted by atomic mass is 9.81. The number of rotatable bonds is 5. The molecule has 0 saturated carbocycles. The lowest BCUT2D eigenvalue weighted by Crippen LogP contribution is -2.48. The van der Waals surface area contributed by atoms with E-state index >= 15 is 0 Å². The molecule has 0 aromatic heterocycles. The van der Waals surface area contributed by atoms with Crippen LogP contribution < -0.4 is 5.32 Å². The molecule has 1 saturated heterocycles. The Hall–Kier alpha value is -1.88. The lowest BCUT2D eigenvalue weighted by molar-refractivity contribution is -0.0972. The third kappa shape index (κ3) is 4.50. The maximum absolute atomic E-state index is 11.0. The molecular formula is C24H23Cl2NO2. The zero-order valence-corrected chi connectivity index (χ0v) is 17.5. The number of halogens is 2. The van der Waals surface area contributed by atoms with E-state index in [1.807, 2.05) is 60.7 Å². The quantitative estimate of drug-likeness (QED) is 0.556. The second-order valence-corrected chi connectivity index (χ2v) is 8.23. The number of hydrogen-bond acceptors (Lipinski definition) is 3. The first-order valence-electron chi connectivity index (χ1n) is 9.71. The summed E-state index contributed by atoms with van der Waals surface area (Å²) in [6.45, 7) is 1.97. The van der Waals surface area contributed by atoms with Crippen molar-refractivity contribution in [2.45, 2.75) is 18.1 Å². The van der Waals surface area contributed by atoms with Crippen LogP contribution in [0.4, 0.5) is 0 Å². The van der Waals surface area contributed by atoms with Crippen molar-refractivity contribution in [3.8, 4) is 11.1 Å². The smallest absolute Gasteiger partial charge is 0.109 e. The van der Waals surface area contributed by atoms with E-state index in [0.717, 1.165) is 28.8 Å². The van der Waals surface area contributed by atoms with Crippen LogP contribution in [0.3, 0.4) is 0 Å². The molecule has 29 heavy (non-hydrogen) atoms. The van der Waals surface area contributed by atoms with Crippen molar-refractivity contribution in [2.24, 2.45) is 0 Å². The van der Waals surface area contributed by atoms with Gasteiger partial charge in [-0.25, -0.2) is 0 Å². The van der Waals surface area contributed by atoms with E-state index in [1.54, 1.807) is 6.07 Å². The second kappa shape index (κ2) is 8.86. The van der Waals surface area contributed by atoms with Crippen molar-refractivity contribution in [3.63, 3.8) is 0 Å². The number of aliphatic hydroxyl groups excluding tert-OH is 1. The van der Waals surface area contributed by atoms with E-state index in [9.17, 15) is 5.11 Å². The Morgan fingerprint density at radius 2 is 1.66 bits per heavy atom. The molecule has 0 bridgehead atoms. The fourth-order valence-electron chi connectivity index (χ4n) is 4.02. The summed E-state index contributed by atoms with van der Waals surface area (Å²) in [7, 11) is 0. The molecule has 3 nitrogen and oxygen atoms in total. The van der Waals surface area contributed by atoms with Crippen LogP contribution in [0, 0.1) is 0 Å². The van der Waals surface area contributed by atoms with Crippen molar-refractivity contribution < 1.29 is 9.84 Å². The van der Waals surface area contributed by atoms with Crippen molar-refractivity contribution in [1.82, 2.24) is 5.32 Å². The number of ether oxygens (including phenoxy) is 1. The summed E-state index contributed by atoms with van der Waals surface area (Å²) in [5.41, 5.74) is 3.16. The summed E-state index contributed by atoms with van der Waals surface area (Å²) >= 11 is 12.5. The predicted molar refractivity (Wildman–Crippen MR) is 118 cm³/mol. The van der Waals surface area contributed by atoms with Gasteiger partial charge in [0.1, 0.15) is 5.60 Å². The molecule has 0 spiro atoms. The summed E-state index contributed by atoms with van der Waals surface area (Å²) in [5.74, 6) is 0. The van der Waals surface area contributed by atoms with Crippen molar-refractivity contribution in [2.75, 3.05) is 19.7 Å². The molecule has 1 aliphatic rings. The van der Waals surface area contributed by atoms with Crippen molar-refractivity contribution >= 4 is 23.2 Å². The van der Waals surface area contributed by atoms with E-state index in [4.69, 9.17) is 27.9 Å². The number of nitrogens with one attached hydrogen (secondary N) is 1. The van der Waals surface area contributed by atoms with Crippen LogP contribution in [0.15, 0.2) is 72.8 Å². The standard InChI is InChI=1S/C24H23Cl2NO2/c25-19-12-18(13-20(26)14-19)21-8-4-5-9-22(21)24(16-27-10-11-29-24)15-23(28)17-6-2-1-3-7-17/h1-9,12-14,23,27-28H,10-11,15-16H2. The Labute approximate surface area is 181 Å². The Morgan fingerprint density at radius 1 is 0.966 bits per heavy atom. The van der Waals surface area contributed by atoms with Crippen molar-refractivity contribution in [3.05, 3.63) is 94.0 Å². The molecule has 5 heteroatoms. The third-order valence-electron chi connectivity index (χ3n) is 5.37. The number of benzene rings is 3. The molecule has 1 heterocycles. The normalized spacial score (nSPS) is 20.4. The molecule has 2 unspecified atom stereocenters. The maximum atomic E-state index is 11.0. The summed E-state index contributed by atoms with van der Waals surface area (Å²) in [6.07, 6.45) is -0.206. The summed E-state index contributed by atoms with van der Waals surface area (Å²) in [4.78, 5) is 0. The van der Waals surface area contributed by atoms with Gasteiger partial charge >= 0.3 is 0 Å². The third-order valence-corrected chi connectivity index (χ3v) is 5.80. The van der Waals surface area contributed by atoms with Gasteiger partial charge in [-0.3, -0.25) is 0 Å². The maximum Gasteiger partial charge on any atom is 0.109 e. The predicted octanol–water partition coefficient (Wildman–Crippen LogP) is 5.60. The van der Waals surface area contributed by atoms with E-state index in [-0.39, 0.29) is 0 Å². The highest BCUT2D eigenvalue weighted by atomic mass is 35.5. The van der Waals surface area contributed by atoms with Gasteiger partial charge in [0.25, 0.3) is 0 Å². The second-order valence-electron chi connectivity index (χ2n) is 7.35. The fraction of sp³-hybridized carbons (Fsp3) is 0.250. The molecule has 2 N–H and O–H groups in total. The van der Waals surface area contributed by atoms with Gasteiger partial charge in [-0.1, -0.05) is 77.8 Å². The number of aliphatic hydroxyl groups is 1. The molecule has 1 aliphatic heterocycles. The average Bonchev–Trinajstić information content (AvgIpc) is 2.74. The van der Waals surface area contributed by atoms with Crippen LogP contribution in [0.5, 0.6) is 0 Å². The van der Waals surface area contributed by atoms with Gasteiger partial charge in [0.2, 0.25) is 0 Å². The zero-order valence-electron chi connectivity index (χ0n) is 15.9. The van der Waals surface area contributed by atoms with Gasteiger partial charge in [-0.15, -0.1) is 0 Å². The van der Waals surface area contributed by atoms with Gasteiger partial charge in [0.15, 0.2) is 0 Å². The zero-order chi connectivity index (χ0) is 20.3. The minimum atomic E-state index is -0.668. The van der Waals surface area contributed by atoms with Gasteiger partial charge in [0.05, 0.1) is 12.7 Å². The Kier molecular flexibility index (Phi) is 6.23. The number of hydrogen-bond donors (Lipinski definition) is 2. The van der Waals surface area contributed by atoms with Gasteiger partial charge in [0, 0.05) is 29.6 Å². The Bertz CT molecular complexity index is 951. The molecule has 3 aromatic rings. The SMILES string of the molecule is OC(CC1(c2ccccc2-c2cc(Cl)cc(Cl)c2)CNCCO1)c1ccccc1. The van der Waals surface area contributed by atoms with E-state index in [2.05, 4.69) is 11.4 Å². The summed E-state index contributed by atoms with van der Waals surface area (Å²) in [6, 6.07) is 23.3. The minimum absolute atomic E-state index is 0.440. The molecule has 2 atom stereocenters. The number of morpholine rings is 1. The van der Waals surface area contributed by atoms with Gasteiger partial charge in [-0.05, 0) is 40.5 Å². The largest absolute Gasteiger partial charge is 0.388 e. The van der Waals surface area contributed by atoms with Crippen LogP contribution in [-0.2, 0) is 10.3 Å². The van der Waals surface area contributed by atoms with Gasteiger partial charge < -0.3 is 15.2 Å². The summed E-state index contributed by atoms with van der Waals surface area (Å²) < 4.78 is 6.38. The van der Waals surface area contributed by atoms with Crippen LogP contribution in [0.25, 0.3) is 11.1 Å². The van der Waals surface area contributed by atoms with Crippen LogP contribution >= 0.6 is 23.2 Å². The molecule has 0 aliphatic carbocycles. The van der Waals surface area contributed by atoms with Crippen LogP contribution in [0.2, 0.25) is 10.0 Å². The highest BCUT2D eigenvalue weighted by Crippen LogP contribution is 2.42. The molecule has 150 valence electrons. The van der Waals surface area contributed by atoms with Crippen LogP contribution in [0.1, 0.15) is 23.7 Å². The van der Waals surface area contributed by atoms with E-state index in [1.165, 1.54) is 0 Å². The lowest BCUT2D eigenvalue weighted by Gasteiger charge is -2.41. The molecule has 0 amide bonds. The molecule has 3 aromatic carbocycles. The Balaban J connectivity index is 1.78. The highest BCUT2D eigenvalue weighted by molar-refractivity contribution is 6.35. The molecule has 4 rings (SSSR count). The van der Waals surface area contributed by atoms with E-state index < -0.39 is 11.7 Å². The first-order chi connectivity index (χ1) is 14.1. The minimum Gasteiger partial charge on any atom is -0.388 e. The van der Waals surface area contributed by atoms with E-state index in [0.29, 0.717) is 29.6 Å². The first kappa shape index (κ1) is 20.4. The fourth-order valence-corrected chi connectivity index (χ4v) is 4.55. The van der Waals surface area contributed by atoms with Gasteiger partial charge in [-0.2, -0.15) is 0 Å². The van der Waals surface area contributed by atoms with Crippen LogP contribution in [-0.4, -0.2) is 24.8 Å². The summed E-state index contributed by atoms with van der Waals surface area (Å²) in [5, 5.41) is 15.6. The van der Waals surface area contributed by atoms with Crippen molar-refractivity contribution in [1.29, 1.82) is 0 Å². The first-order valence-corrected chi connectivity index (χ1v) is 10.5. The average molecular weight is 428 g/mol. The monoisotopic (exact) mass is 427 g/mol.